The van der Waals surface area contributed by atoms with Crippen molar-refractivity contribution >= 4 is 5.69 Å². The van der Waals surface area contributed by atoms with E-state index in [4.69, 9.17) is 0 Å². The molecule has 1 aromatic carbocycles. The summed E-state index contributed by atoms with van der Waals surface area (Å²) >= 11 is 0. The lowest BCUT2D eigenvalue weighted by Crippen LogP contribution is -1.94. The van der Waals surface area contributed by atoms with E-state index in [1.54, 1.807) is 0 Å². The van der Waals surface area contributed by atoms with Crippen LogP contribution in [0.1, 0.15) is 5.56 Å². The second-order valence-corrected chi connectivity index (χ2v) is 2.52. The van der Waals surface area contributed by atoms with Gasteiger partial charge in [0.1, 0.15) is 5.75 Å². The number of phenols is 1. The molecule has 0 aliphatic carbocycles. The number of nitro benzene ring substituents is 1. The first kappa shape index (κ1) is 9.25. The van der Waals surface area contributed by atoms with Crippen LogP contribution in [0.25, 0.3) is 0 Å². The molecule has 0 atom stereocenters. The smallest absolute Gasteiger partial charge is 0.276 e. The standard InChI is InChI=1S/C9H9NO3/c1-2-4-7-8(10(12)13)5-3-6-9(7)11/h2-3,5-6,11H,1,4H2. The zero-order valence-electron chi connectivity index (χ0n) is 6.93. The van der Waals surface area contributed by atoms with Crippen molar-refractivity contribution in [1.82, 2.24) is 0 Å². The SMILES string of the molecule is C=CCc1c(O)cccc1[N+](=O)[O-]. The lowest BCUT2D eigenvalue weighted by molar-refractivity contribution is -0.385. The van der Waals surface area contributed by atoms with E-state index in [-0.39, 0.29) is 11.4 Å². The fourth-order valence-corrected chi connectivity index (χ4v) is 1.09. The van der Waals surface area contributed by atoms with Gasteiger partial charge in [0.2, 0.25) is 0 Å². The number of phenolic OH excluding ortho intramolecular Hbond substituents is 1. The topological polar surface area (TPSA) is 63.4 Å². The van der Waals surface area contributed by atoms with Crippen LogP contribution in [0.4, 0.5) is 5.69 Å². The Morgan fingerprint density at radius 2 is 2.31 bits per heavy atom. The number of nitrogens with zero attached hydrogens (tertiary/aromatic N) is 1. The lowest BCUT2D eigenvalue weighted by atomic mass is 10.1. The van der Waals surface area contributed by atoms with E-state index in [0.29, 0.717) is 12.0 Å². The Labute approximate surface area is 75.3 Å². The molecule has 1 rings (SSSR count). The minimum absolute atomic E-state index is 0.0610. The van der Waals surface area contributed by atoms with E-state index in [1.165, 1.54) is 24.3 Å². The second-order valence-electron chi connectivity index (χ2n) is 2.52. The van der Waals surface area contributed by atoms with Crippen LogP contribution in [0, 0.1) is 10.1 Å². The van der Waals surface area contributed by atoms with Crippen LogP contribution >= 0.6 is 0 Å². The number of nitro groups is 1. The molecule has 68 valence electrons. The Kier molecular flexibility index (Phi) is 2.64. The van der Waals surface area contributed by atoms with Crippen molar-refractivity contribution in [2.24, 2.45) is 0 Å². The Morgan fingerprint density at radius 1 is 1.62 bits per heavy atom. The fraction of sp³-hybridized carbons (Fsp3) is 0.111. The van der Waals surface area contributed by atoms with Gasteiger partial charge in [0.05, 0.1) is 10.5 Å². The molecule has 0 aliphatic heterocycles. The molecule has 0 aromatic heterocycles. The normalized spacial score (nSPS) is 9.54. The minimum Gasteiger partial charge on any atom is -0.507 e. The van der Waals surface area contributed by atoms with E-state index >= 15 is 0 Å². The quantitative estimate of drug-likeness (QED) is 0.438. The van der Waals surface area contributed by atoms with Gasteiger partial charge in [0.15, 0.2) is 0 Å². The Balaban J connectivity index is 3.24. The fourth-order valence-electron chi connectivity index (χ4n) is 1.09. The molecule has 4 nitrogen and oxygen atoms in total. The highest BCUT2D eigenvalue weighted by Gasteiger charge is 2.14. The van der Waals surface area contributed by atoms with E-state index in [9.17, 15) is 15.2 Å². The van der Waals surface area contributed by atoms with Crippen LogP contribution in [0.3, 0.4) is 0 Å². The molecule has 0 saturated heterocycles. The summed E-state index contributed by atoms with van der Waals surface area (Å²) in [7, 11) is 0. The van der Waals surface area contributed by atoms with Gasteiger partial charge in [0, 0.05) is 12.5 Å². The molecule has 0 radical (unpaired) electrons. The molecule has 0 bridgehead atoms. The number of hydrogen-bond acceptors (Lipinski definition) is 3. The summed E-state index contributed by atoms with van der Waals surface area (Å²) in [6.45, 7) is 3.46. The van der Waals surface area contributed by atoms with Gasteiger partial charge in [-0.05, 0) is 6.07 Å². The van der Waals surface area contributed by atoms with Gasteiger partial charge in [-0.25, -0.2) is 0 Å². The van der Waals surface area contributed by atoms with Gasteiger partial charge < -0.3 is 5.11 Å². The number of hydrogen-bond donors (Lipinski definition) is 1. The van der Waals surface area contributed by atoms with Crippen molar-refractivity contribution in [2.75, 3.05) is 0 Å². The predicted molar refractivity (Wildman–Crippen MR) is 48.7 cm³/mol. The molecule has 13 heavy (non-hydrogen) atoms. The third-order valence-electron chi connectivity index (χ3n) is 1.67. The van der Waals surface area contributed by atoms with Crippen molar-refractivity contribution < 1.29 is 10.0 Å². The molecule has 0 spiro atoms. The molecular weight excluding hydrogens is 170 g/mol. The average molecular weight is 179 g/mol. The summed E-state index contributed by atoms with van der Waals surface area (Å²) in [5.41, 5.74) is 0.238. The van der Waals surface area contributed by atoms with Crippen LogP contribution in [0.2, 0.25) is 0 Å². The van der Waals surface area contributed by atoms with Crippen LogP contribution in [-0.4, -0.2) is 10.0 Å². The molecule has 0 saturated carbocycles. The number of allylic oxidation sites excluding steroid dienone is 1. The number of rotatable bonds is 3. The van der Waals surface area contributed by atoms with Gasteiger partial charge >= 0.3 is 0 Å². The summed E-state index contributed by atoms with van der Waals surface area (Å²) < 4.78 is 0. The van der Waals surface area contributed by atoms with Gasteiger partial charge in [-0.3, -0.25) is 10.1 Å². The summed E-state index contributed by atoms with van der Waals surface area (Å²) in [4.78, 5) is 9.99. The molecule has 0 unspecified atom stereocenters. The minimum atomic E-state index is -0.515. The van der Waals surface area contributed by atoms with Crippen molar-refractivity contribution in [2.45, 2.75) is 6.42 Å². The maximum absolute atomic E-state index is 10.5. The number of benzene rings is 1. The van der Waals surface area contributed by atoms with E-state index in [1.807, 2.05) is 0 Å². The first-order chi connectivity index (χ1) is 6.16. The van der Waals surface area contributed by atoms with E-state index in [2.05, 4.69) is 6.58 Å². The van der Waals surface area contributed by atoms with Crippen molar-refractivity contribution in [3.8, 4) is 5.75 Å². The second kappa shape index (κ2) is 3.71. The zero-order chi connectivity index (χ0) is 9.84. The Hall–Kier alpha value is -1.84. The van der Waals surface area contributed by atoms with Crippen molar-refractivity contribution in [3.05, 3.63) is 46.5 Å². The average Bonchev–Trinajstić information content (AvgIpc) is 2.08. The van der Waals surface area contributed by atoms with Crippen LogP contribution in [-0.2, 0) is 6.42 Å². The highest BCUT2D eigenvalue weighted by molar-refractivity contribution is 5.49. The summed E-state index contributed by atoms with van der Waals surface area (Å²) in [6, 6.07) is 4.23. The van der Waals surface area contributed by atoms with Crippen molar-refractivity contribution in [1.29, 1.82) is 0 Å². The first-order valence-electron chi connectivity index (χ1n) is 3.73. The molecule has 1 aromatic rings. The first-order valence-corrected chi connectivity index (χ1v) is 3.73. The van der Waals surface area contributed by atoms with Gasteiger partial charge in [-0.1, -0.05) is 12.1 Å². The molecule has 0 heterocycles. The summed E-state index contributed by atoms with van der Waals surface area (Å²) in [5.74, 6) is -0.0610. The summed E-state index contributed by atoms with van der Waals surface area (Å²) in [6.07, 6.45) is 1.81. The molecule has 0 aliphatic rings. The molecular formula is C9H9NO3. The maximum Gasteiger partial charge on any atom is 0.276 e. The Bertz CT molecular complexity index is 347. The van der Waals surface area contributed by atoms with Crippen LogP contribution < -0.4 is 0 Å². The summed E-state index contributed by atoms with van der Waals surface area (Å²) in [5, 5.41) is 19.8. The van der Waals surface area contributed by atoms with Gasteiger partial charge in [0.25, 0.3) is 5.69 Å². The van der Waals surface area contributed by atoms with Gasteiger partial charge in [-0.15, -0.1) is 6.58 Å². The monoisotopic (exact) mass is 179 g/mol. The third-order valence-corrected chi connectivity index (χ3v) is 1.67. The lowest BCUT2D eigenvalue weighted by Gasteiger charge is -2.01. The molecule has 0 fully saturated rings. The largest absolute Gasteiger partial charge is 0.507 e. The Morgan fingerprint density at radius 3 is 2.85 bits per heavy atom. The number of aromatic hydroxyl groups is 1. The molecule has 0 amide bonds. The maximum atomic E-state index is 10.5. The highest BCUT2D eigenvalue weighted by atomic mass is 16.6. The predicted octanol–water partition coefficient (Wildman–Crippen LogP) is 2.03. The van der Waals surface area contributed by atoms with Crippen LogP contribution in [0.5, 0.6) is 5.75 Å². The van der Waals surface area contributed by atoms with Crippen molar-refractivity contribution in [3.63, 3.8) is 0 Å². The van der Waals surface area contributed by atoms with E-state index < -0.39 is 4.92 Å². The molecule has 1 N–H and O–H groups in total. The highest BCUT2D eigenvalue weighted by Crippen LogP contribution is 2.27. The molecule has 4 heteroatoms. The van der Waals surface area contributed by atoms with Gasteiger partial charge in [-0.2, -0.15) is 0 Å². The zero-order valence-corrected chi connectivity index (χ0v) is 6.93. The third kappa shape index (κ3) is 1.84. The van der Waals surface area contributed by atoms with E-state index in [0.717, 1.165) is 0 Å². The van der Waals surface area contributed by atoms with Crippen LogP contribution in [0.15, 0.2) is 30.9 Å².